The Morgan fingerprint density at radius 3 is 1.27 bits per heavy atom. The van der Waals surface area contributed by atoms with Crippen molar-refractivity contribution in [1.29, 1.82) is 0 Å². The topological polar surface area (TPSA) is 11.4 Å². The van der Waals surface area contributed by atoms with E-state index < -0.39 is 0 Å². The van der Waals surface area contributed by atoms with E-state index in [1.54, 1.807) is 0 Å². The second kappa shape index (κ2) is 29.3. The minimum atomic E-state index is -0.341. The maximum absolute atomic E-state index is 4.47. The highest BCUT2D eigenvalue weighted by Crippen LogP contribution is 2.63. The Hall–Kier alpha value is -12.0. The molecule has 0 amide bonds. The number of hydrogen-bond acceptors (Lipinski definition) is 2. The van der Waals surface area contributed by atoms with Crippen LogP contribution in [0.2, 0.25) is 0 Å². The van der Waals surface area contributed by atoms with Gasteiger partial charge in [0.15, 0.2) is 0 Å². The summed E-state index contributed by atoms with van der Waals surface area (Å²) in [7, 11) is 0. The third kappa shape index (κ3) is 12.5. The van der Waals surface area contributed by atoms with Gasteiger partial charge in [0, 0.05) is 50.6 Å². The van der Waals surface area contributed by atoms with E-state index in [9.17, 15) is 0 Å². The Bertz CT molecular complexity index is 5170. The summed E-state index contributed by atoms with van der Waals surface area (Å²) >= 11 is 0. The van der Waals surface area contributed by atoms with Gasteiger partial charge in [0.05, 0.1) is 16.4 Å². The molecule has 0 radical (unpaired) electrons. The van der Waals surface area contributed by atoms with Crippen LogP contribution < -0.4 is 9.80 Å². The molecule has 2 aliphatic carbocycles. The van der Waals surface area contributed by atoms with Gasteiger partial charge in [-0.05, 0) is 206 Å². The zero-order valence-electron chi connectivity index (χ0n) is 56.7. The Labute approximate surface area is 579 Å². The van der Waals surface area contributed by atoms with E-state index in [2.05, 4.69) is 407 Å². The van der Waals surface area contributed by atoms with Crippen molar-refractivity contribution in [2.24, 2.45) is 0 Å². The van der Waals surface area contributed by atoms with Crippen molar-refractivity contribution in [2.75, 3.05) is 9.80 Å². The highest BCUT2D eigenvalue weighted by molar-refractivity contribution is 6.11. The summed E-state index contributed by atoms with van der Waals surface area (Å²) < 4.78 is 2.39. The first kappa shape index (κ1) is 64.7. The average Bonchev–Trinajstić information content (AvgIpc) is 1.53. The number of hydrogen-bond donors (Lipinski definition) is 0. The second-order valence-electron chi connectivity index (χ2n) is 24.5. The normalized spacial score (nSPS) is 13.9. The standard InChI is InChI=1S/C60H43N3.C22H18.C11H14.C2H6/c1-5-15-44(16-6-1)46-25-33-52(34-26-46)61(50-19-9-3-10-20-50)53-35-27-48(28-36-53)49-29-37-54(38-30-49)62(51-21-11-4-12-22-51)56-41-42-60-58(43-56)57-23-13-14-24-59(57)63(60)55-39-31-47(32-40-55)45-17-7-2-8-18-45;1-5-17-16(4)22(21-13-9-7-11-19(17)21)15(3)14(2)18-10-6-8-12-20(18)22;1-3-4-8-11-9-6-5-7-10(11)2;1-2/h1-43H;5-13H,2-4H2,1H3;4-9H,3H2,1-2H3;1-2H3/b;17-5+;8-4-;. The van der Waals surface area contributed by atoms with E-state index in [0.717, 1.165) is 74.1 Å². The molecule has 1 unspecified atom stereocenters. The van der Waals surface area contributed by atoms with Gasteiger partial charge in [-0.2, -0.15) is 0 Å². The molecule has 0 bridgehead atoms. The summed E-state index contributed by atoms with van der Waals surface area (Å²) in [5.74, 6) is 0. The fraction of sp³-hybridized carbons (Fsp3) is 0.0737. The lowest BCUT2D eigenvalue weighted by atomic mass is 9.71. The minimum absolute atomic E-state index is 0.341. The number of nitrogens with zero attached hydrogens (tertiary/aromatic N) is 3. The predicted molar refractivity (Wildman–Crippen MR) is 423 cm³/mol. The van der Waals surface area contributed by atoms with E-state index in [0.29, 0.717) is 0 Å². The number of benzene rings is 13. The predicted octanol–water partition coefficient (Wildman–Crippen LogP) is 26.7. The van der Waals surface area contributed by atoms with E-state index in [4.69, 9.17) is 0 Å². The van der Waals surface area contributed by atoms with Crippen LogP contribution in [0, 0.1) is 6.92 Å². The molecule has 0 saturated heterocycles. The first-order valence-electron chi connectivity index (χ1n) is 34.2. The van der Waals surface area contributed by atoms with Gasteiger partial charge >= 0.3 is 0 Å². The van der Waals surface area contributed by atoms with Gasteiger partial charge in [0.25, 0.3) is 0 Å². The smallest absolute Gasteiger partial charge is 0.0713 e. The highest BCUT2D eigenvalue weighted by Gasteiger charge is 2.52. The quantitative estimate of drug-likeness (QED) is 0.121. The Morgan fingerprint density at radius 1 is 0.367 bits per heavy atom. The first-order chi connectivity index (χ1) is 48.2. The van der Waals surface area contributed by atoms with Gasteiger partial charge in [-0.25, -0.2) is 0 Å². The van der Waals surface area contributed by atoms with Crippen molar-refractivity contribution in [3.63, 3.8) is 0 Å². The van der Waals surface area contributed by atoms with Crippen LogP contribution in [0.3, 0.4) is 0 Å². The van der Waals surface area contributed by atoms with Gasteiger partial charge in [-0.3, -0.25) is 0 Å². The van der Waals surface area contributed by atoms with Gasteiger partial charge in [0.2, 0.25) is 0 Å². The monoisotopic (exact) mass is 1260 g/mol. The molecule has 13 aromatic carbocycles. The third-order valence-electron chi connectivity index (χ3n) is 18.9. The summed E-state index contributed by atoms with van der Waals surface area (Å²) in [5.41, 5.74) is 29.1. The SMILES string of the molecule is C=C1C(=C)C2(C(=C)/C(=C\C)c3ccccc32)c2ccccc21.CC.CC/C=C\c1ccccc1C.c1ccc(-c2ccc(N(c3ccccc3)c3ccc(-c4ccc(N(c5ccccc5)c5ccc6c(c5)c5ccccc5n6-c5ccc(-c6ccccc6)cc5)cc4)cc3)cc2)cc1. The molecule has 2 aliphatic rings. The van der Waals surface area contributed by atoms with Crippen molar-refractivity contribution in [3.05, 3.63) is 410 Å². The molecule has 3 heteroatoms. The van der Waals surface area contributed by atoms with Crippen LogP contribution in [0.15, 0.2) is 377 Å². The number of allylic oxidation sites excluding steroid dienone is 6. The van der Waals surface area contributed by atoms with Crippen molar-refractivity contribution >= 4 is 73.2 Å². The molecule has 1 aromatic heterocycles. The number of aryl methyl sites for hydroxylation is 1. The molecule has 98 heavy (non-hydrogen) atoms. The molecule has 0 aliphatic heterocycles. The maximum Gasteiger partial charge on any atom is 0.0713 e. The van der Waals surface area contributed by atoms with Gasteiger partial charge < -0.3 is 14.4 Å². The molecular weight excluding hydrogens is 1180 g/mol. The zero-order valence-corrected chi connectivity index (χ0v) is 56.7. The molecule has 0 N–H and O–H groups in total. The molecule has 0 fully saturated rings. The second-order valence-corrected chi connectivity index (χ2v) is 24.5. The molecular formula is C95H81N3. The lowest BCUT2D eigenvalue weighted by Crippen LogP contribution is -2.24. The first-order valence-corrected chi connectivity index (χ1v) is 34.2. The average molecular weight is 1260 g/mol. The molecule has 1 atom stereocenters. The largest absolute Gasteiger partial charge is 0.311 e. The fourth-order valence-corrected chi connectivity index (χ4v) is 14.1. The van der Waals surface area contributed by atoms with Crippen LogP contribution in [-0.2, 0) is 5.41 Å². The summed E-state index contributed by atoms with van der Waals surface area (Å²) in [4.78, 5) is 4.67. The van der Waals surface area contributed by atoms with Gasteiger partial charge in [0.1, 0.15) is 0 Å². The maximum atomic E-state index is 4.47. The van der Waals surface area contributed by atoms with Crippen molar-refractivity contribution < 1.29 is 0 Å². The van der Waals surface area contributed by atoms with E-state index in [1.165, 1.54) is 83.0 Å². The van der Waals surface area contributed by atoms with Gasteiger partial charge in [-0.15, -0.1) is 0 Å². The summed E-state index contributed by atoms with van der Waals surface area (Å²) in [6, 6.07) is 119. The van der Waals surface area contributed by atoms with Crippen LogP contribution in [0.5, 0.6) is 0 Å². The van der Waals surface area contributed by atoms with E-state index in [-0.39, 0.29) is 5.41 Å². The molecule has 1 heterocycles. The van der Waals surface area contributed by atoms with Crippen LogP contribution in [-0.4, -0.2) is 4.57 Å². The summed E-state index contributed by atoms with van der Waals surface area (Å²) in [5, 5.41) is 2.44. The number of para-hydroxylation sites is 3. The molecule has 16 rings (SSSR count). The van der Waals surface area contributed by atoms with E-state index in [1.807, 2.05) is 13.8 Å². The summed E-state index contributed by atoms with van der Waals surface area (Å²) in [6.45, 7) is 23.5. The fourth-order valence-electron chi connectivity index (χ4n) is 14.1. The number of anilines is 6. The van der Waals surface area contributed by atoms with Crippen LogP contribution >= 0.6 is 0 Å². The third-order valence-corrected chi connectivity index (χ3v) is 18.9. The highest BCUT2D eigenvalue weighted by atomic mass is 15.1. The summed E-state index contributed by atoms with van der Waals surface area (Å²) in [6.07, 6.45) is 7.62. The van der Waals surface area contributed by atoms with Crippen molar-refractivity contribution in [2.45, 2.75) is 46.5 Å². The van der Waals surface area contributed by atoms with Crippen molar-refractivity contribution in [3.8, 4) is 39.1 Å². The van der Waals surface area contributed by atoms with E-state index >= 15 is 0 Å². The Morgan fingerprint density at radius 2 is 0.755 bits per heavy atom. The molecule has 3 nitrogen and oxygen atoms in total. The van der Waals surface area contributed by atoms with Gasteiger partial charge in [-0.1, -0.05) is 295 Å². The Kier molecular flexibility index (Phi) is 19.3. The van der Waals surface area contributed by atoms with Crippen LogP contribution in [0.4, 0.5) is 34.1 Å². The molecule has 476 valence electrons. The molecule has 1 spiro atoms. The Balaban J connectivity index is 0.000000200. The molecule has 0 saturated carbocycles. The zero-order chi connectivity index (χ0) is 67.5. The van der Waals surface area contributed by atoms with Crippen LogP contribution in [0.25, 0.3) is 78.1 Å². The number of aromatic nitrogens is 1. The lowest BCUT2D eigenvalue weighted by molar-refractivity contribution is 0.802. The van der Waals surface area contributed by atoms with Crippen LogP contribution in [0.1, 0.15) is 67.5 Å². The minimum Gasteiger partial charge on any atom is -0.311 e. The number of rotatable bonds is 12. The number of fused-ring (bicyclic) bond motifs is 7. The lowest BCUT2D eigenvalue weighted by Gasteiger charge is -2.29. The van der Waals surface area contributed by atoms with Crippen molar-refractivity contribution in [1.82, 2.24) is 4.57 Å². The molecule has 14 aromatic rings.